The van der Waals surface area contributed by atoms with Crippen LogP contribution in [0.15, 0.2) is 16.9 Å². The molecule has 1 aromatic heterocycles. The average Bonchev–Trinajstić information content (AvgIpc) is 2.94. The van der Waals surface area contributed by atoms with Gasteiger partial charge in [-0.1, -0.05) is 31.3 Å². The van der Waals surface area contributed by atoms with E-state index in [1.807, 2.05) is 6.07 Å². The number of nitrogens with one attached hydrogen (secondary N) is 1. The van der Waals surface area contributed by atoms with Crippen LogP contribution < -0.4 is 5.32 Å². The lowest BCUT2D eigenvalue weighted by Gasteiger charge is -2.20. The summed E-state index contributed by atoms with van der Waals surface area (Å²) in [6.07, 6.45) is 9.81. The number of nitrogens with zero attached hydrogens (tertiary/aromatic N) is 1. The van der Waals surface area contributed by atoms with E-state index in [-0.39, 0.29) is 0 Å². The van der Waals surface area contributed by atoms with Crippen LogP contribution in [0.1, 0.15) is 51.1 Å². The van der Waals surface area contributed by atoms with Crippen molar-refractivity contribution < 1.29 is 4.52 Å². The van der Waals surface area contributed by atoms with Crippen molar-refractivity contribution in [2.45, 2.75) is 58.0 Å². The Morgan fingerprint density at radius 2 is 2.44 bits per heavy atom. The minimum atomic E-state index is 0.697. The van der Waals surface area contributed by atoms with Crippen molar-refractivity contribution in [1.29, 1.82) is 0 Å². The monoisotopic (exact) mass is 222 g/mol. The van der Waals surface area contributed by atoms with Crippen molar-refractivity contribution in [1.82, 2.24) is 10.5 Å². The summed E-state index contributed by atoms with van der Waals surface area (Å²) in [5.74, 6) is 0.881. The average molecular weight is 222 g/mol. The predicted molar refractivity (Wildman–Crippen MR) is 64.0 cm³/mol. The molecule has 2 unspecified atom stereocenters. The molecule has 0 radical (unpaired) electrons. The quantitative estimate of drug-likeness (QED) is 0.803. The largest absolute Gasteiger partial charge is 0.364 e. The first-order chi connectivity index (χ1) is 7.90. The van der Waals surface area contributed by atoms with Crippen molar-refractivity contribution in [2.24, 2.45) is 5.92 Å². The lowest BCUT2D eigenvalue weighted by atomic mass is 9.97. The highest BCUT2D eigenvalue weighted by atomic mass is 16.5. The highest BCUT2D eigenvalue weighted by Gasteiger charge is 2.26. The smallest absolute Gasteiger partial charge is 0.124 e. The van der Waals surface area contributed by atoms with Crippen LogP contribution >= 0.6 is 0 Å². The van der Waals surface area contributed by atoms with Gasteiger partial charge in [-0.25, -0.2) is 0 Å². The maximum atomic E-state index is 4.83. The molecule has 1 fully saturated rings. The lowest BCUT2D eigenvalue weighted by Crippen LogP contribution is -2.32. The Morgan fingerprint density at radius 1 is 1.50 bits per heavy atom. The van der Waals surface area contributed by atoms with Gasteiger partial charge in [-0.3, -0.25) is 0 Å². The Morgan fingerprint density at radius 3 is 3.19 bits per heavy atom. The van der Waals surface area contributed by atoms with E-state index in [0.29, 0.717) is 6.04 Å². The fraction of sp³-hybridized carbons (Fsp3) is 0.769. The van der Waals surface area contributed by atoms with Crippen LogP contribution in [-0.4, -0.2) is 11.2 Å². The van der Waals surface area contributed by atoms with Crippen molar-refractivity contribution in [3.8, 4) is 0 Å². The third-order valence-electron chi connectivity index (χ3n) is 3.62. The SMILES string of the molecule is CCCCC1CCCC1NCc1ccon1. The molecular formula is C13H22N2O. The molecule has 1 aromatic rings. The van der Waals surface area contributed by atoms with Crippen molar-refractivity contribution >= 4 is 0 Å². The third kappa shape index (κ3) is 3.08. The van der Waals surface area contributed by atoms with Crippen LogP contribution in [0.3, 0.4) is 0 Å². The van der Waals surface area contributed by atoms with Crippen LogP contribution in [0.4, 0.5) is 0 Å². The van der Waals surface area contributed by atoms with Crippen LogP contribution in [-0.2, 0) is 6.54 Å². The zero-order chi connectivity index (χ0) is 11.2. The van der Waals surface area contributed by atoms with Crippen molar-refractivity contribution in [3.05, 3.63) is 18.0 Å². The zero-order valence-corrected chi connectivity index (χ0v) is 10.1. The van der Waals surface area contributed by atoms with Crippen molar-refractivity contribution in [2.75, 3.05) is 0 Å². The highest BCUT2D eigenvalue weighted by molar-refractivity contribution is 4.95. The Balaban J connectivity index is 1.75. The van der Waals surface area contributed by atoms with Crippen LogP contribution in [0.5, 0.6) is 0 Å². The summed E-state index contributed by atoms with van der Waals surface area (Å²) >= 11 is 0. The summed E-state index contributed by atoms with van der Waals surface area (Å²) in [4.78, 5) is 0. The normalized spacial score (nSPS) is 25.1. The fourth-order valence-electron chi connectivity index (χ4n) is 2.68. The van der Waals surface area contributed by atoms with Gasteiger partial charge in [0.2, 0.25) is 0 Å². The van der Waals surface area contributed by atoms with Gasteiger partial charge < -0.3 is 9.84 Å². The van der Waals surface area contributed by atoms with Gasteiger partial charge in [-0.05, 0) is 25.2 Å². The summed E-state index contributed by atoms with van der Waals surface area (Å²) in [5, 5.41) is 7.55. The van der Waals surface area contributed by atoms with Gasteiger partial charge >= 0.3 is 0 Å². The second kappa shape index (κ2) is 6.04. The predicted octanol–water partition coefficient (Wildman–Crippen LogP) is 3.12. The fourth-order valence-corrected chi connectivity index (χ4v) is 2.68. The second-order valence-electron chi connectivity index (χ2n) is 4.81. The first-order valence-electron chi connectivity index (χ1n) is 6.52. The number of aromatic nitrogens is 1. The molecule has 0 spiro atoms. The van der Waals surface area contributed by atoms with Gasteiger partial charge in [0, 0.05) is 18.7 Å². The molecule has 0 amide bonds. The van der Waals surface area contributed by atoms with E-state index in [2.05, 4.69) is 17.4 Å². The summed E-state index contributed by atoms with van der Waals surface area (Å²) < 4.78 is 4.83. The number of hydrogen-bond donors (Lipinski definition) is 1. The first kappa shape index (κ1) is 11.6. The standard InChI is InChI=1S/C13H22N2O/c1-2-3-5-11-6-4-7-13(11)14-10-12-8-9-16-15-12/h8-9,11,13-14H,2-7,10H2,1H3. The van der Waals surface area contributed by atoms with Crippen molar-refractivity contribution in [3.63, 3.8) is 0 Å². The summed E-state index contributed by atoms with van der Waals surface area (Å²) in [6.45, 7) is 3.12. The molecule has 1 N–H and O–H groups in total. The number of rotatable bonds is 6. The van der Waals surface area contributed by atoms with Gasteiger partial charge in [0.1, 0.15) is 6.26 Å². The van der Waals surface area contributed by atoms with Gasteiger partial charge in [-0.2, -0.15) is 0 Å². The molecule has 1 aliphatic rings. The topological polar surface area (TPSA) is 38.1 Å². The minimum Gasteiger partial charge on any atom is -0.364 e. The molecule has 1 heterocycles. The summed E-state index contributed by atoms with van der Waals surface area (Å²) in [7, 11) is 0. The van der Waals surface area contributed by atoms with Gasteiger partial charge in [0.05, 0.1) is 5.69 Å². The van der Waals surface area contributed by atoms with Crippen LogP contribution in [0.2, 0.25) is 0 Å². The van der Waals surface area contributed by atoms with E-state index in [4.69, 9.17) is 4.52 Å². The molecule has 16 heavy (non-hydrogen) atoms. The summed E-state index contributed by atoms with van der Waals surface area (Å²) in [5.41, 5.74) is 1.01. The van der Waals surface area contributed by atoms with Gasteiger partial charge in [0.25, 0.3) is 0 Å². The van der Waals surface area contributed by atoms with E-state index in [1.54, 1.807) is 6.26 Å². The Hall–Kier alpha value is -0.830. The Labute approximate surface area is 97.6 Å². The zero-order valence-electron chi connectivity index (χ0n) is 10.1. The number of hydrogen-bond acceptors (Lipinski definition) is 3. The Kier molecular flexibility index (Phi) is 4.40. The molecule has 3 nitrogen and oxygen atoms in total. The molecule has 3 heteroatoms. The van der Waals surface area contributed by atoms with E-state index in [9.17, 15) is 0 Å². The molecule has 90 valence electrons. The molecule has 0 bridgehead atoms. The molecule has 0 saturated heterocycles. The molecule has 1 aliphatic carbocycles. The van der Waals surface area contributed by atoms with Crippen LogP contribution in [0, 0.1) is 5.92 Å². The van der Waals surface area contributed by atoms with E-state index >= 15 is 0 Å². The second-order valence-corrected chi connectivity index (χ2v) is 4.81. The Bertz CT molecular complexity index is 284. The molecule has 1 saturated carbocycles. The maximum absolute atomic E-state index is 4.83. The molecule has 2 rings (SSSR count). The number of unbranched alkanes of at least 4 members (excludes halogenated alkanes) is 1. The lowest BCUT2D eigenvalue weighted by molar-refractivity contribution is 0.359. The molecular weight excluding hydrogens is 200 g/mol. The maximum Gasteiger partial charge on any atom is 0.124 e. The minimum absolute atomic E-state index is 0.697. The van der Waals surface area contributed by atoms with Gasteiger partial charge in [-0.15, -0.1) is 0 Å². The van der Waals surface area contributed by atoms with E-state index in [0.717, 1.165) is 18.2 Å². The van der Waals surface area contributed by atoms with Crippen LogP contribution in [0.25, 0.3) is 0 Å². The van der Waals surface area contributed by atoms with Gasteiger partial charge in [0.15, 0.2) is 0 Å². The third-order valence-corrected chi connectivity index (χ3v) is 3.62. The molecule has 0 aliphatic heterocycles. The van der Waals surface area contributed by atoms with E-state index in [1.165, 1.54) is 38.5 Å². The molecule has 0 aromatic carbocycles. The van der Waals surface area contributed by atoms with E-state index < -0.39 is 0 Å². The molecule has 2 atom stereocenters. The summed E-state index contributed by atoms with van der Waals surface area (Å²) in [6, 6.07) is 2.63. The first-order valence-corrected chi connectivity index (χ1v) is 6.52. The highest BCUT2D eigenvalue weighted by Crippen LogP contribution is 2.29.